The van der Waals surface area contributed by atoms with Crippen molar-refractivity contribution in [3.05, 3.63) is 64.9 Å². The predicted molar refractivity (Wildman–Crippen MR) is 134 cm³/mol. The van der Waals surface area contributed by atoms with E-state index in [9.17, 15) is 19.2 Å². The Bertz CT molecular complexity index is 1250. The van der Waals surface area contributed by atoms with E-state index < -0.39 is 23.9 Å². The van der Waals surface area contributed by atoms with Crippen LogP contribution in [0.25, 0.3) is 0 Å². The average Bonchev–Trinajstić information content (AvgIpc) is 2.87. The van der Waals surface area contributed by atoms with E-state index in [4.69, 9.17) is 14.2 Å². The zero-order valence-corrected chi connectivity index (χ0v) is 20.7. The fraction of sp³-hybridized carbons (Fsp3) is 0.240. The first-order chi connectivity index (χ1) is 17.7. The van der Waals surface area contributed by atoms with Crippen LogP contribution in [0.2, 0.25) is 0 Å². The van der Waals surface area contributed by atoms with E-state index in [0.717, 1.165) is 0 Å². The Morgan fingerprint density at radius 3 is 2.46 bits per heavy atom. The summed E-state index contributed by atoms with van der Waals surface area (Å²) in [5, 5.41) is 11.8. The third-order valence-electron chi connectivity index (χ3n) is 5.19. The zero-order valence-electron chi connectivity index (χ0n) is 20.7. The highest BCUT2D eigenvalue weighted by molar-refractivity contribution is 5.95. The minimum absolute atomic E-state index is 0.170. The van der Waals surface area contributed by atoms with Crippen LogP contribution in [0.4, 0.5) is 10.5 Å². The molecule has 2 aromatic rings. The van der Waals surface area contributed by atoms with Crippen molar-refractivity contribution >= 4 is 35.7 Å². The molecule has 2 aromatic carbocycles. The van der Waals surface area contributed by atoms with Crippen molar-refractivity contribution in [2.75, 3.05) is 26.1 Å². The fourth-order valence-electron chi connectivity index (χ4n) is 3.52. The molecule has 12 nitrogen and oxygen atoms in total. The van der Waals surface area contributed by atoms with E-state index in [1.807, 2.05) is 0 Å². The summed E-state index contributed by atoms with van der Waals surface area (Å²) >= 11 is 0. The Labute approximate surface area is 213 Å². The summed E-state index contributed by atoms with van der Waals surface area (Å²) in [5.74, 6) is -0.692. The fourth-order valence-corrected chi connectivity index (χ4v) is 3.52. The molecule has 0 saturated carbocycles. The molecule has 37 heavy (non-hydrogen) atoms. The Balaban J connectivity index is 1.63. The van der Waals surface area contributed by atoms with Crippen LogP contribution >= 0.6 is 0 Å². The van der Waals surface area contributed by atoms with Gasteiger partial charge in [-0.3, -0.25) is 9.59 Å². The third-order valence-corrected chi connectivity index (χ3v) is 5.19. The molecule has 1 aliphatic rings. The van der Waals surface area contributed by atoms with Crippen LogP contribution in [-0.4, -0.2) is 50.9 Å². The van der Waals surface area contributed by atoms with Gasteiger partial charge in [-0.25, -0.2) is 15.0 Å². The lowest BCUT2D eigenvalue weighted by Crippen LogP contribution is -2.45. The molecule has 0 spiro atoms. The van der Waals surface area contributed by atoms with E-state index in [2.05, 4.69) is 26.5 Å². The molecular formula is C25H27N5O7. The molecule has 0 radical (unpaired) electrons. The summed E-state index contributed by atoms with van der Waals surface area (Å²) in [4.78, 5) is 47.5. The molecule has 12 heteroatoms. The maximum Gasteiger partial charge on any atom is 0.337 e. The lowest BCUT2D eigenvalue weighted by Gasteiger charge is -2.28. The highest BCUT2D eigenvalue weighted by Crippen LogP contribution is 2.34. The van der Waals surface area contributed by atoms with Crippen LogP contribution in [0.3, 0.4) is 0 Å². The number of amides is 4. The molecule has 4 N–H and O–H groups in total. The first-order valence-corrected chi connectivity index (χ1v) is 11.1. The summed E-state index contributed by atoms with van der Waals surface area (Å²) in [6.07, 6.45) is 1.45. The number of rotatable bonds is 9. The Hall–Kier alpha value is -4.87. The van der Waals surface area contributed by atoms with Crippen LogP contribution in [-0.2, 0) is 19.1 Å². The molecule has 0 bridgehead atoms. The predicted octanol–water partition coefficient (Wildman–Crippen LogP) is 1.98. The van der Waals surface area contributed by atoms with Crippen LogP contribution in [0, 0.1) is 0 Å². The van der Waals surface area contributed by atoms with Crippen molar-refractivity contribution in [2.45, 2.75) is 19.9 Å². The first-order valence-electron chi connectivity index (χ1n) is 11.1. The summed E-state index contributed by atoms with van der Waals surface area (Å²) in [6.45, 7) is 2.68. The van der Waals surface area contributed by atoms with Gasteiger partial charge in [0.2, 0.25) is 5.91 Å². The van der Waals surface area contributed by atoms with Gasteiger partial charge in [0.25, 0.3) is 5.91 Å². The number of urea groups is 1. The number of hydrazone groups is 1. The van der Waals surface area contributed by atoms with Crippen molar-refractivity contribution < 1.29 is 33.4 Å². The van der Waals surface area contributed by atoms with Crippen LogP contribution in [0.5, 0.6) is 11.5 Å². The summed E-state index contributed by atoms with van der Waals surface area (Å²) < 4.78 is 15.8. The second-order valence-corrected chi connectivity index (χ2v) is 7.86. The van der Waals surface area contributed by atoms with Crippen molar-refractivity contribution in [2.24, 2.45) is 5.10 Å². The zero-order chi connectivity index (χ0) is 26.9. The van der Waals surface area contributed by atoms with Crippen molar-refractivity contribution in [1.29, 1.82) is 0 Å². The number of benzene rings is 2. The first kappa shape index (κ1) is 26.7. The highest BCUT2D eigenvalue weighted by atomic mass is 16.5. The smallest absolute Gasteiger partial charge is 0.337 e. The second kappa shape index (κ2) is 12.2. The van der Waals surface area contributed by atoms with Gasteiger partial charge in [-0.05, 0) is 42.3 Å². The number of allylic oxidation sites excluding steroid dienone is 1. The monoisotopic (exact) mass is 509 g/mol. The van der Waals surface area contributed by atoms with Crippen LogP contribution in [0.15, 0.2) is 58.8 Å². The van der Waals surface area contributed by atoms with Gasteiger partial charge in [-0.1, -0.05) is 18.2 Å². The van der Waals surface area contributed by atoms with Gasteiger partial charge in [0.1, 0.15) is 0 Å². The van der Waals surface area contributed by atoms with Gasteiger partial charge in [0, 0.05) is 18.3 Å². The average molecular weight is 510 g/mol. The number of methoxy groups -OCH3 is 2. The highest BCUT2D eigenvalue weighted by Gasteiger charge is 2.32. The third kappa shape index (κ3) is 7.07. The summed E-state index contributed by atoms with van der Waals surface area (Å²) in [7, 11) is 2.68. The number of hydrogen-bond acceptors (Lipinski definition) is 8. The van der Waals surface area contributed by atoms with E-state index in [0.29, 0.717) is 28.3 Å². The maximum atomic E-state index is 12.3. The molecule has 1 atom stereocenters. The number of esters is 1. The Morgan fingerprint density at radius 1 is 1.08 bits per heavy atom. The maximum absolute atomic E-state index is 12.3. The van der Waals surface area contributed by atoms with Gasteiger partial charge < -0.3 is 30.2 Å². The molecule has 0 aliphatic carbocycles. The lowest BCUT2D eigenvalue weighted by atomic mass is 9.95. The van der Waals surface area contributed by atoms with Crippen molar-refractivity contribution in [3.8, 4) is 11.5 Å². The number of hydrogen-bond donors (Lipinski definition) is 4. The van der Waals surface area contributed by atoms with E-state index >= 15 is 0 Å². The normalized spacial score (nSPS) is 14.9. The lowest BCUT2D eigenvalue weighted by molar-refractivity contribution is -0.136. The molecule has 1 aliphatic heterocycles. The standard InChI is InChI=1S/C25H27N5O7/c1-14-22(24(33)36-4)23(29-25(34)27-14)17-7-10-19(20(11-17)35-3)37-13-21(32)30-26-12-16-5-8-18(9-6-16)28-15(2)31/h5-12,23H,13H2,1-4H3,(H,28,31)(H,30,32)(H2,27,29,34)/b26-12-/t23-/m0/s1. The van der Waals surface area contributed by atoms with Gasteiger partial charge in [-0.15, -0.1) is 0 Å². The van der Waals surface area contributed by atoms with Gasteiger partial charge in [0.05, 0.1) is 32.0 Å². The number of nitrogens with zero attached hydrogens (tertiary/aromatic N) is 1. The van der Waals surface area contributed by atoms with Gasteiger partial charge in [0.15, 0.2) is 18.1 Å². The molecule has 194 valence electrons. The minimum Gasteiger partial charge on any atom is -0.493 e. The topological polar surface area (TPSA) is 156 Å². The van der Waals surface area contributed by atoms with E-state index in [-0.39, 0.29) is 23.8 Å². The Morgan fingerprint density at radius 2 is 1.81 bits per heavy atom. The van der Waals surface area contributed by atoms with Crippen LogP contribution in [0.1, 0.15) is 31.0 Å². The molecule has 0 fully saturated rings. The summed E-state index contributed by atoms with van der Waals surface area (Å²) in [6, 6.07) is 10.5. The number of carbonyl (C=O) groups excluding carboxylic acids is 4. The largest absolute Gasteiger partial charge is 0.493 e. The van der Waals surface area contributed by atoms with Gasteiger partial charge in [-0.2, -0.15) is 5.10 Å². The molecule has 0 saturated heterocycles. The SMILES string of the molecule is COC(=O)C1=C(C)NC(=O)N[C@H]1c1ccc(OCC(=O)N/N=C\c2ccc(NC(C)=O)cc2)c(OC)c1. The molecular weight excluding hydrogens is 482 g/mol. The molecule has 1 heterocycles. The van der Waals surface area contributed by atoms with E-state index in [1.54, 1.807) is 49.4 Å². The van der Waals surface area contributed by atoms with E-state index in [1.165, 1.54) is 27.4 Å². The minimum atomic E-state index is -0.769. The summed E-state index contributed by atoms with van der Waals surface area (Å²) in [5.41, 5.74) is 4.91. The molecule has 4 amide bonds. The Kier molecular flexibility index (Phi) is 8.81. The second-order valence-electron chi connectivity index (χ2n) is 7.86. The quantitative estimate of drug-likeness (QED) is 0.229. The molecule has 0 aromatic heterocycles. The number of ether oxygens (including phenoxy) is 3. The van der Waals surface area contributed by atoms with Gasteiger partial charge >= 0.3 is 12.0 Å². The van der Waals surface area contributed by atoms with Crippen molar-refractivity contribution in [1.82, 2.24) is 16.1 Å². The number of nitrogens with one attached hydrogen (secondary N) is 4. The van der Waals surface area contributed by atoms with Crippen LogP contribution < -0.4 is 30.8 Å². The number of anilines is 1. The molecule has 3 rings (SSSR count). The number of carbonyl (C=O) groups is 4. The molecule has 0 unspecified atom stereocenters. The van der Waals surface area contributed by atoms with Crippen molar-refractivity contribution in [3.63, 3.8) is 0 Å².